The average Bonchev–Trinajstić information content (AvgIpc) is 3.36. The minimum Gasteiger partial charge on any atom is -0.383 e. The zero-order chi connectivity index (χ0) is 30.8. The molecule has 1 aromatic heterocycles. The summed E-state index contributed by atoms with van der Waals surface area (Å²) in [6, 6.07) is 11.9. The summed E-state index contributed by atoms with van der Waals surface area (Å²) in [5.74, 6) is 0.190. The van der Waals surface area contributed by atoms with Crippen molar-refractivity contribution in [1.29, 1.82) is 0 Å². The van der Waals surface area contributed by atoms with Crippen LogP contribution < -0.4 is 25.8 Å². The van der Waals surface area contributed by atoms with Crippen LogP contribution in [0.2, 0.25) is 0 Å². The van der Waals surface area contributed by atoms with Gasteiger partial charge in [-0.3, -0.25) is 19.7 Å². The number of nitrogens with zero attached hydrogens (tertiary/aromatic N) is 5. The zero-order valence-corrected chi connectivity index (χ0v) is 23.7. The lowest BCUT2D eigenvalue weighted by Crippen LogP contribution is -2.52. The van der Waals surface area contributed by atoms with Crippen LogP contribution in [0.5, 0.6) is 0 Å². The van der Waals surface area contributed by atoms with Crippen LogP contribution in [-0.4, -0.2) is 77.9 Å². The molecule has 0 saturated carbocycles. The number of aromatic nitrogens is 2. The van der Waals surface area contributed by atoms with Gasteiger partial charge in [-0.15, -0.1) is 0 Å². The highest BCUT2D eigenvalue weighted by molar-refractivity contribution is 6.06. The van der Waals surface area contributed by atoms with Crippen LogP contribution in [0.15, 0.2) is 54.7 Å². The van der Waals surface area contributed by atoms with E-state index in [2.05, 4.69) is 25.9 Å². The Morgan fingerprint density at radius 1 is 0.932 bits per heavy atom. The van der Waals surface area contributed by atoms with E-state index < -0.39 is 23.7 Å². The fraction of sp³-hybridized carbons (Fsp3) is 0.367. The van der Waals surface area contributed by atoms with E-state index in [1.807, 2.05) is 15.9 Å². The van der Waals surface area contributed by atoms with Gasteiger partial charge in [-0.1, -0.05) is 12.1 Å². The smallest absolute Gasteiger partial charge is 0.383 e. The summed E-state index contributed by atoms with van der Waals surface area (Å²) in [4.78, 5) is 51.4. The van der Waals surface area contributed by atoms with Crippen molar-refractivity contribution in [2.75, 3.05) is 59.7 Å². The Kier molecular flexibility index (Phi) is 7.97. The van der Waals surface area contributed by atoms with Crippen LogP contribution in [0, 0.1) is 0 Å². The van der Waals surface area contributed by atoms with Gasteiger partial charge in [0.15, 0.2) is 0 Å². The molecule has 3 aliphatic rings. The van der Waals surface area contributed by atoms with Gasteiger partial charge in [0.2, 0.25) is 17.8 Å². The molecular formula is C30H31F3N8O3. The van der Waals surface area contributed by atoms with Crippen LogP contribution in [-0.2, 0) is 22.3 Å². The van der Waals surface area contributed by atoms with Gasteiger partial charge >= 0.3 is 6.18 Å². The molecule has 11 nitrogen and oxygen atoms in total. The second-order valence-corrected chi connectivity index (χ2v) is 10.8. The van der Waals surface area contributed by atoms with Crippen LogP contribution >= 0.6 is 0 Å². The number of nitrogens with one attached hydrogen (secondary N) is 3. The minimum absolute atomic E-state index is 0.202. The van der Waals surface area contributed by atoms with Crippen molar-refractivity contribution < 1.29 is 27.6 Å². The van der Waals surface area contributed by atoms with Gasteiger partial charge in [-0.2, -0.15) is 18.2 Å². The normalized spacial score (nSPS) is 18.8. The predicted molar refractivity (Wildman–Crippen MR) is 157 cm³/mol. The first-order valence-corrected chi connectivity index (χ1v) is 14.4. The van der Waals surface area contributed by atoms with E-state index in [4.69, 9.17) is 0 Å². The number of benzene rings is 2. The Bertz CT molecular complexity index is 1580. The average molecular weight is 609 g/mol. The molecule has 0 aliphatic carbocycles. The van der Waals surface area contributed by atoms with Crippen molar-refractivity contribution in [2.24, 2.45) is 0 Å². The van der Waals surface area contributed by atoms with Crippen molar-refractivity contribution >= 4 is 40.9 Å². The number of hydrogen-bond donors (Lipinski definition) is 3. The number of alkyl halides is 3. The number of hydrogen-bond acceptors (Lipinski definition) is 9. The van der Waals surface area contributed by atoms with E-state index in [9.17, 15) is 27.6 Å². The molecule has 3 N–H and O–H groups in total. The highest BCUT2D eigenvalue weighted by atomic mass is 19.4. The molecule has 0 radical (unpaired) electrons. The highest BCUT2D eigenvalue weighted by Gasteiger charge is 2.39. The maximum atomic E-state index is 13.1. The fourth-order valence-electron chi connectivity index (χ4n) is 5.78. The second-order valence-electron chi connectivity index (χ2n) is 10.8. The number of anilines is 4. The van der Waals surface area contributed by atoms with Crippen molar-refractivity contribution in [3.05, 3.63) is 71.4 Å². The number of rotatable bonds is 8. The molecule has 14 heteroatoms. The van der Waals surface area contributed by atoms with Gasteiger partial charge in [0.1, 0.15) is 11.9 Å². The predicted octanol–water partition coefficient (Wildman–Crippen LogP) is 3.11. The molecule has 2 saturated heterocycles. The zero-order valence-electron chi connectivity index (χ0n) is 23.7. The van der Waals surface area contributed by atoms with Crippen molar-refractivity contribution in [1.82, 2.24) is 20.2 Å². The van der Waals surface area contributed by atoms with Crippen LogP contribution in [0.25, 0.3) is 0 Å². The Hall–Kier alpha value is -4.88. The summed E-state index contributed by atoms with van der Waals surface area (Å²) < 4.78 is 39.4. The number of imide groups is 1. The van der Waals surface area contributed by atoms with Gasteiger partial charge in [0.25, 0.3) is 5.91 Å². The Balaban J connectivity index is 1.01. The summed E-state index contributed by atoms with van der Waals surface area (Å²) in [5, 5.41) is 8.96. The molecule has 3 aliphatic heterocycles. The molecule has 2 aromatic carbocycles. The van der Waals surface area contributed by atoms with Crippen LogP contribution in [0.3, 0.4) is 0 Å². The molecule has 6 rings (SSSR count). The van der Waals surface area contributed by atoms with Crippen molar-refractivity contribution in [3.63, 3.8) is 0 Å². The molecule has 1 unspecified atom stereocenters. The van der Waals surface area contributed by atoms with E-state index in [-0.39, 0.29) is 24.8 Å². The summed E-state index contributed by atoms with van der Waals surface area (Å²) in [6.45, 7) is 3.54. The number of fused-ring (bicyclic) bond motifs is 1. The molecule has 4 heterocycles. The molecule has 1 atom stereocenters. The monoisotopic (exact) mass is 608 g/mol. The summed E-state index contributed by atoms with van der Waals surface area (Å²) in [6.07, 6.45) is -2.21. The van der Waals surface area contributed by atoms with E-state index >= 15 is 0 Å². The maximum absolute atomic E-state index is 13.1. The second kappa shape index (κ2) is 12.0. The molecule has 0 spiro atoms. The Morgan fingerprint density at radius 2 is 1.68 bits per heavy atom. The first-order chi connectivity index (χ1) is 21.2. The molecule has 44 heavy (non-hydrogen) atoms. The lowest BCUT2D eigenvalue weighted by Gasteiger charge is -2.36. The van der Waals surface area contributed by atoms with Gasteiger partial charge in [0, 0.05) is 80.9 Å². The maximum Gasteiger partial charge on any atom is 0.416 e. The lowest BCUT2D eigenvalue weighted by atomic mass is 10.0. The first kappa shape index (κ1) is 29.2. The number of carbonyl (C=O) groups is 3. The Morgan fingerprint density at radius 3 is 2.45 bits per heavy atom. The van der Waals surface area contributed by atoms with E-state index in [1.165, 1.54) is 17.0 Å². The van der Waals surface area contributed by atoms with Gasteiger partial charge in [-0.25, -0.2) is 4.98 Å². The molecule has 0 bridgehead atoms. The number of piperazine rings is 1. The molecule has 230 valence electrons. The molecule has 2 fully saturated rings. The largest absolute Gasteiger partial charge is 0.416 e. The van der Waals surface area contributed by atoms with Crippen molar-refractivity contribution in [3.8, 4) is 0 Å². The van der Waals surface area contributed by atoms with Crippen LogP contribution in [0.4, 0.5) is 36.3 Å². The van der Waals surface area contributed by atoms with E-state index in [0.717, 1.165) is 17.3 Å². The quantitative estimate of drug-likeness (QED) is 0.262. The number of piperidine rings is 1. The first-order valence-electron chi connectivity index (χ1n) is 14.4. The van der Waals surface area contributed by atoms with E-state index in [0.29, 0.717) is 68.7 Å². The Labute approximate surface area is 251 Å². The van der Waals surface area contributed by atoms with Crippen molar-refractivity contribution in [2.45, 2.75) is 31.6 Å². The number of amides is 3. The molecule has 3 aromatic rings. The van der Waals surface area contributed by atoms with E-state index in [1.54, 1.807) is 30.5 Å². The van der Waals surface area contributed by atoms with Gasteiger partial charge < -0.3 is 25.3 Å². The number of halogens is 3. The van der Waals surface area contributed by atoms with Crippen LogP contribution in [0.1, 0.15) is 34.3 Å². The third kappa shape index (κ3) is 6.10. The summed E-state index contributed by atoms with van der Waals surface area (Å²) >= 11 is 0. The minimum atomic E-state index is -4.38. The van der Waals surface area contributed by atoms with Gasteiger partial charge in [0.05, 0.1) is 5.56 Å². The topological polar surface area (TPSA) is 123 Å². The standard InChI is InChI=1S/C30H31F3N8O3/c31-30(32,33)19-3-1-4-20(17-19)39-13-15-40(16-14-39)29-36-10-9-25(37-29)35-12-11-34-23-6-2-5-21-22(23)18-41(28(21)44)24-7-8-26(42)38-27(24)43/h1-6,9-10,17,24,34H,7-8,11-16,18H2,(H,35,36,37)(H,38,42,43). The summed E-state index contributed by atoms with van der Waals surface area (Å²) in [7, 11) is 0. The molecular weight excluding hydrogens is 577 g/mol. The third-order valence-electron chi connectivity index (χ3n) is 8.07. The lowest BCUT2D eigenvalue weighted by molar-refractivity contribution is -0.138. The SMILES string of the molecule is O=C1CCC(N2Cc3c(NCCNc4ccnc(N5CCN(c6cccc(C(F)(F)F)c6)CC5)n4)cccc3C2=O)C(=O)N1. The third-order valence-corrected chi connectivity index (χ3v) is 8.07. The number of carbonyl (C=O) groups excluding carboxylic acids is 3. The van der Waals surface area contributed by atoms with Gasteiger partial charge in [-0.05, 0) is 42.8 Å². The summed E-state index contributed by atoms with van der Waals surface area (Å²) in [5.41, 5.74) is 2.04. The highest BCUT2D eigenvalue weighted by Crippen LogP contribution is 2.33. The molecule has 3 amide bonds. The fourth-order valence-corrected chi connectivity index (χ4v) is 5.78.